The summed E-state index contributed by atoms with van der Waals surface area (Å²) in [5, 5.41) is 0.520. The van der Waals surface area contributed by atoms with Gasteiger partial charge >= 0.3 is 5.97 Å². The molecule has 104 valence electrons. The van der Waals surface area contributed by atoms with Crippen molar-refractivity contribution >= 4 is 17.6 Å². The average Bonchev–Trinajstić information content (AvgIpc) is 2.41. The Kier molecular flexibility index (Phi) is 4.46. The van der Waals surface area contributed by atoms with Gasteiger partial charge in [0.15, 0.2) is 0 Å². The van der Waals surface area contributed by atoms with Crippen molar-refractivity contribution in [2.75, 3.05) is 0 Å². The first-order chi connectivity index (χ1) is 9.47. The molecule has 0 heterocycles. The highest BCUT2D eigenvalue weighted by Gasteiger charge is 2.12. The maximum atomic E-state index is 12.1. The van der Waals surface area contributed by atoms with Crippen LogP contribution in [0.2, 0.25) is 5.02 Å². The van der Waals surface area contributed by atoms with Crippen LogP contribution in [0.5, 0.6) is 5.75 Å². The third kappa shape index (κ3) is 3.40. The SMILES string of the molecule is Cc1ccc(C(C)C)cc1OC(=O)c1cccc(Cl)c1. The first kappa shape index (κ1) is 14.6. The summed E-state index contributed by atoms with van der Waals surface area (Å²) in [5.41, 5.74) is 2.53. The Bertz CT molecular complexity index is 633. The molecule has 0 fully saturated rings. The van der Waals surface area contributed by atoms with E-state index in [0.717, 1.165) is 11.1 Å². The molecule has 0 unspecified atom stereocenters. The lowest BCUT2D eigenvalue weighted by atomic mass is 10.0. The van der Waals surface area contributed by atoms with E-state index in [4.69, 9.17) is 16.3 Å². The summed E-state index contributed by atoms with van der Waals surface area (Å²) in [6.07, 6.45) is 0. The summed E-state index contributed by atoms with van der Waals surface area (Å²) in [4.78, 5) is 12.1. The molecule has 0 radical (unpaired) electrons. The smallest absolute Gasteiger partial charge is 0.343 e. The number of benzene rings is 2. The third-order valence-electron chi connectivity index (χ3n) is 3.14. The molecule has 0 atom stereocenters. The van der Waals surface area contributed by atoms with E-state index < -0.39 is 5.97 Å². The molecule has 0 aliphatic heterocycles. The van der Waals surface area contributed by atoms with Gasteiger partial charge in [-0.3, -0.25) is 0 Å². The molecule has 2 nitrogen and oxygen atoms in total. The van der Waals surface area contributed by atoms with Gasteiger partial charge in [0.1, 0.15) is 5.75 Å². The second-order valence-corrected chi connectivity index (χ2v) is 5.52. The van der Waals surface area contributed by atoms with Gasteiger partial charge in [0, 0.05) is 5.02 Å². The monoisotopic (exact) mass is 288 g/mol. The van der Waals surface area contributed by atoms with Gasteiger partial charge in [0.25, 0.3) is 0 Å². The zero-order valence-corrected chi connectivity index (χ0v) is 12.6. The lowest BCUT2D eigenvalue weighted by molar-refractivity contribution is 0.0733. The van der Waals surface area contributed by atoms with Crippen molar-refractivity contribution < 1.29 is 9.53 Å². The van der Waals surface area contributed by atoms with E-state index >= 15 is 0 Å². The predicted molar refractivity (Wildman–Crippen MR) is 81.7 cm³/mol. The van der Waals surface area contributed by atoms with Crippen LogP contribution < -0.4 is 4.74 Å². The van der Waals surface area contributed by atoms with Gasteiger partial charge < -0.3 is 4.74 Å². The van der Waals surface area contributed by atoms with Crippen LogP contribution in [0.15, 0.2) is 42.5 Å². The Morgan fingerprint density at radius 3 is 2.55 bits per heavy atom. The molecule has 3 heteroatoms. The normalized spacial score (nSPS) is 10.7. The van der Waals surface area contributed by atoms with Crippen LogP contribution in [0.1, 0.15) is 41.3 Å². The molecule has 2 aromatic rings. The maximum absolute atomic E-state index is 12.1. The van der Waals surface area contributed by atoms with Gasteiger partial charge in [0.05, 0.1) is 5.56 Å². The van der Waals surface area contributed by atoms with Crippen molar-refractivity contribution in [1.82, 2.24) is 0 Å². The molecule has 2 aromatic carbocycles. The molecule has 20 heavy (non-hydrogen) atoms. The molecule has 0 N–H and O–H groups in total. The van der Waals surface area contributed by atoms with E-state index in [0.29, 0.717) is 22.3 Å². The minimum absolute atomic E-state index is 0.388. The molecule has 0 amide bonds. The summed E-state index contributed by atoms with van der Waals surface area (Å²) < 4.78 is 5.48. The van der Waals surface area contributed by atoms with Gasteiger partial charge in [-0.2, -0.15) is 0 Å². The van der Waals surface area contributed by atoms with Gasteiger partial charge in [0.2, 0.25) is 0 Å². The maximum Gasteiger partial charge on any atom is 0.343 e. The van der Waals surface area contributed by atoms with E-state index in [2.05, 4.69) is 19.9 Å². The number of esters is 1. The predicted octanol–water partition coefficient (Wildman–Crippen LogP) is 4.99. The Morgan fingerprint density at radius 2 is 1.90 bits per heavy atom. The summed E-state index contributed by atoms with van der Waals surface area (Å²) >= 11 is 5.88. The van der Waals surface area contributed by atoms with E-state index in [1.807, 2.05) is 19.1 Å². The number of aryl methyl sites for hydroxylation is 1. The molecule has 0 aliphatic rings. The number of carbonyl (C=O) groups excluding carboxylic acids is 1. The van der Waals surface area contributed by atoms with E-state index in [1.54, 1.807) is 24.3 Å². The van der Waals surface area contributed by atoms with E-state index in [9.17, 15) is 4.79 Å². The van der Waals surface area contributed by atoms with Crippen molar-refractivity contribution in [3.8, 4) is 5.75 Å². The summed E-state index contributed by atoms with van der Waals surface area (Å²) in [5.74, 6) is 0.594. The molecule has 0 bridgehead atoms. The molecule has 0 aromatic heterocycles. The summed E-state index contributed by atoms with van der Waals surface area (Å²) in [7, 11) is 0. The second kappa shape index (κ2) is 6.10. The Morgan fingerprint density at radius 1 is 1.15 bits per heavy atom. The van der Waals surface area contributed by atoms with Crippen LogP contribution >= 0.6 is 11.6 Å². The number of ether oxygens (including phenoxy) is 1. The fourth-order valence-electron chi connectivity index (χ4n) is 1.86. The highest BCUT2D eigenvalue weighted by molar-refractivity contribution is 6.30. The van der Waals surface area contributed by atoms with Crippen molar-refractivity contribution in [2.24, 2.45) is 0 Å². The van der Waals surface area contributed by atoms with Gasteiger partial charge in [-0.25, -0.2) is 4.79 Å². The number of hydrogen-bond donors (Lipinski definition) is 0. The molecule has 0 saturated heterocycles. The zero-order chi connectivity index (χ0) is 14.7. The highest BCUT2D eigenvalue weighted by Crippen LogP contribution is 2.25. The van der Waals surface area contributed by atoms with Crippen molar-refractivity contribution in [3.05, 3.63) is 64.2 Å². The van der Waals surface area contributed by atoms with Crippen molar-refractivity contribution in [3.63, 3.8) is 0 Å². The lowest BCUT2D eigenvalue weighted by Crippen LogP contribution is -2.09. The van der Waals surface area contributed by atoms with Crippen molar-refractivity contribution in [2.45, 2.75) is 26.7 Å². The molecule has 0 spiro atoms. The molecular weight excluding hydrogens is 272 g/mol. The van der Waals surface area contributed by atoms with Crippen LogP contribution in [-0.4, -0.2) is 5.97 Å². The van der Waals surface area contributed by atoms with Gasteiger partial charge in [-0.1, -0.05) is 43.6 Å². The zero-order valence-electron chi connectivity index (χ0n) is 11.8. The van der Waals surface area contributed by atoms with Gasteiger partial charge in [-0.15, -0.1) is 0 Å². The van der Waals surface area contributed by atoms with Crippen LogP contribution in [0.4, 0.5) is 0 Å². The lowest BCUT2D eigenvalue weighted by Gasteiger charge is -2.11. The highest BCUT2D eigenvalue weighted by atomic mass is 35.5. The quantitative estimate of drug-likeness (QED) is 0.587. The number of carbonyl (C=O) groups is 1. The Balaban J connectivity index is 2.25. The van der Waals surface area contributed by atoms with E-state index in [1.165, 1.54) is 0 Å². The minimum atomic E-state index is -0.392. The fraction of sp³-hybridized carbons (Fsp3) is 0.235. The summed E-state index contributed by atoms with van der Waals surface area (Å²) in [6.45, 7) is 6.13. The van der Waals surface area contributed by atoms with E-state index in [-0.39, 0.29) is 0 Å². The topological polar surface area (TPSA) is 26.3 Å². The minimum Gasteiger partial charge on any atom is -0.423 e. The second-order valence-electron chi connectivity index (χ2n) is 5.08. The number of hydrogen-bond acceptors (Lipinski definition) is 2. The Labute approximate surface area is 124 Å². The first-order valence-corrected chi connectivity index (χ1v) is 6.93. The van der Waals surface area contributed by atoms with Gasteiger partial charge in [-0.05, 0) is 48.2 Å². The third-order valence-corrected chi connectivity index (χ3v) is 3.38. The number of halogens is 1. The van der Waals surface area contributed by atoms with Crippen LogP contribution in [0, 0.1) is 6.92 Å². The van der Waals surface area contributed by atoms with Crippen LogP contribution in [-0.2, 0) is 0 Å². The summed E-state index contributed by atoms with van der Waals surface area (Å²) in [6, 6.07) is 12.7. The fourth-order valence-corrected chi connectivity index (χ4v) is 2.05. The Hall–Kier alpha value is -1.80. The van der Waals surface area contributed by atoms with Crippen molar-refractivity contribution in [1.29, 1.82) is 0 Å². The largest absolute Gasteiger partial charge is 0.423 e. The first-order valence-electron chi connectivity index (χ1n) is 6.55. The molecule has 2 rings (SSSR count). The average molecular weight is 289 g/mol. The molecule has 0 aliphatic carbocycles. The van der Waals surface area contributed by atoms with Crippen LogP contribution in [0.25, 0.3) is 0 Å². The standard InChI is InChI=1S/C17H17ClO2/c1-11(2)13-8-7-12(3)16(10-13)20-17(19)14-5-4-6-15(18)9-14/h4-11H,1-3H3. The number of rotatable bonds is 3. The van der Waals surface area contributed by atoms with Crippen LogP contribution in [0.3, 0.4) is 0 Å². The molecular formula is C17H17ClO2. The molecule has 0 saturated carbocycles.